The first-order valence-electron chi connectivity index (χ1n) is 8.14. The Balaban J connectivity index is 2.09. The molecular formula is C17H22F3N3O2. The summed E-state index contributed by atoms with van der Waals surface area (Å²) >= 11 is 0. The SMILES string of the molecule is CCN1C(NC(=O)OCC(C)C)=NCC1c1cccc(C(F)(F)F)c1. The van der Waals surface area contributed by atoms with Crippen molar-refractivity contribution in [1.29, 1.82) is 0 Å². The number of alkyl halides is 3. The Bertz CT molecular complexity index is 644. The third-order valence-corrected chi connectivity index (χ3v) is 3.76. The predicted molar refractivity (Wildman–Crippen MR) is 88.2 cm³/mol. The van der Waals surface area contributed by atoms with Gasteiger partial charge in [0.2, 0.25) is 5.96 Å². The fraction of sp³-hybridized carbons (Fsp3) is 0.529. The first kappa shape index (κ1) is 19.1. The highest BCUT2D eigenvalue weighted by atomic mass is 19.4. The first-order valence-corrected chi connectivity index (χ1v) is 8.14. The van der Waals surface area contributed by atoms with Crippen molar-refractivity contribution in [2.45, 2.75) is 33.0 Å². The number of carbonyl (C=O) groups excluding carboxylic acids is 1. The number of amides is 1. The summed E-state index contributed by atoms with van der Waals surface area (Å²) in [7, 11) is 0. The van der Waals surface area contributed by atoms with Gasteiger partial charge >= 0.3 is 12.3 Å². The quantitative estimate of drug-likeness (QED) is 0.891. The Kier molecular flexibility index (Phi) is 5.92. The predicted octanol–water partition coefficient (Wildman–Crippen LogP) is 3.82. The number of benzene rings is 1. The molecule has 1 amide bonds. The zero-order valence-electron chi connectivity index (χ0n) is 14.4. The highest BCUT2D eigenvalue weighted by Crippen LogP contribution is 2.33. The van der Waals surface area contributed by atoms with Crippen molar-refractivity contribution in [3.8, 4) is 0 Å². The molecule has 1 heterocycles. The molecule has 1 aromatic rings. The molecule has 1 atom stereocenters. The number of hydrogen-bond donors (Lipinski definition) is 1. The molecule has 25 heavy (non-hydrogen) atoms. The maximum absolute atomic E-state index is 12.9. The number of guanidine groups is 1. The monoisotopic (exact) mass is 357 g/mol. The zero-order chi connectivity index (χ0) is 18.6. The van der Waals surface area contributed by atoms with Crippen molar-refractivity contribution in [2.24, 2.45) is 10.9 Å². The molecule has 0 saturated carbocycles. The third kappa shape index (κ3) is 4.87. The Morgan fingerprint density at radius 2 is 2.16 bits per heavy atom. The largest absolute Gasteiger partial charge is 0.449 e. The number of nitrogens with one attached hydrogen (secondary N) is 1. The van der Waals surface area contributed by atoms with Crippen molar-refractivity contribution in [3.05, 3.63) is 35.4 Å². The van der Waals surface area contributed by atoms with Gasteiger partial charge in [0, 0.05) is 6.54 Å². The summed E-state index contributed by atoms with van der Waals surface area (Å²) < 4.78 is 43.8. The van der Waals surface area contributed by atoms with Gasteiger partial charge < -0.3 is 9.64 Å². The molecule has 0 fully saturated rings. The van der Waals surface area contributed by atoms with Crippen LogP contribution < -0.4 is 5.32 Å². The highest BCUT2D eigenvalue weighted by Gasteiger charge is 2.33. The minimum atomic E-state index is -4.39. The number of nitrogens with zero attached hydrogens (tertiary/aromatic N) is 2. The number of rotatable bonds is 4. The van der Waals surface area contributed by atoms with E-state index in [2.05, 4.69) is 10.3 Å². The second kappa shape index (κ2) is 7.76. The van der Waals surface area contributed by atoms with Gasteiger partial charge in [-0.2, -0.15) is 13.2 Å². The van der Waals surface area contributed by atoms with Crippen molar-refractivity contribution < 1.29 is 22.7 Å². The van der Waals surface area contributed by atoms with E-state index in [9.17, 15) is 18.0 Å². The second-order valence-corrected chi connectivity index (χ2v) is 6.21. The Morgan fingerprint density at radius 3 is 2.76 bits per heavy atom. The van der Waals surface area contributed by atoms with Gasteiger partial charge in [0.25, 0.3) is 0 Å². The maximum atomic E-state index is 12.9. The molecule has 1 N–H and O–H groups in total. The lowest BCUT2D eigenvalue weighted by Crippen LogP contribution is -2.43. The van der Waals surface area contributed by atoms with Crippen molar-refractivity contribution in [2.75, 3.05) is 19.7 Å². The number of alkyl carbamates (subject to hydrolysis) is 1. The second-order valence-electron chi connectivity index (χ2n) is 6.21. The van der Waals surface area contributed by atoms with Gasteiger partial charge in [0.1, 0.15) is 0 Å². The molecule has 0 radical (unpaired) electrons. The smallest absolute Gasteiger partial charge is 0.416 e. The molecule has 2 rings (SSSR count). The fourth-order valence-electron chi connectivity index (χ4n) is 2.57. The molecule has 0 spiro atoms. The lowest BCUT2D eigenvalue weighted by atomic mass is 10.0. The number of aliphatic imine (C=N–C) groups is 1. The van der Waals surface area contributed by atoms with Gasteiger partial charge in [-0.25, -0.2) is 4.79 Å². The summed E-state index contributed by atoms with van der Waals surface area (Å²) in [4.78, 5) is 17.8. The molecule has 138 valence electrons. The van der Waals surface area contributed by atoms with E-state index in [0.29, 0.717) is 18.1 Å². The minimum Gasteiger partial charge on any atom is -0.449 e. The van der Waals surface area contributed by atoms with E-state index in [1.54, 1.807) is 11.0 Å². The number of halogens is 3. The Labute approximate surface area is 144 Å². The van der Waals surface area contributed by atoms with Crippen LogP contribution in [-0.2, 0) is 10.9 Å². The molecule has 0 aliphatic carbocycles. The molecule has 1 aromatic carbocycles. The van der Waals surface area contributed by atoms with Crippen LogP contribution in [0.1, 0.15) is 37.9 Å². The first-order chi connectivity index (χ1) is 11.7. The maximum Gasteiger partial charge on any atom is 0.416 e. The van der Waals surface area contributed by atoms with Crippen LogP contribution in [0.25, 0.3) is 0 Å². The van der Waals surface area contributed by atoms with E-state index >= 15 is 0 Å². The molecule has 1 aliphatic rings. The van der Waals surface area contributed by atoms with Gasteiger partial charge in [-0.05, 0) is 30.5 Å². The van der Waals surface area contributed by atoms with Gasteiger partial charge in [0.15, 0.2) is 0 Å². The Morgan fingerprint density at radius 1 is 1.44 bits per heavy atom. The summed E-state index contributed by atoms with van der Waals surface area (Å²) in [6.07, 6.45) is -5.01. The average Bonchev–Trinajstić information content (AvgIpc) is 2.94. The standard InChI is InChI=1S/C17H22F3N3O2/c1-4-23-14(12-6-5-7-13(8-12)17(18,19)20)9-21-15(23)22-16(24)25-10-11(2)3/h5-8,11,14H,4,9-10H2,1-3H3,(H,21,22,24). The lowest BCUT2D eigenvalue weighted by Gasteiger charge is -2.27. The number of carbonyl (C=O) groups is 1. The van der Waals surface area contributed by atoms with E-state index < -0.39 is 17.8 Å². The van der Waals surface area contributed by atoms with Gasteiger partial charge in [-0.1, -0.05) is 26.0 Å². The average molecular weight is 357 g/mol. The molecule has 0 bridgehead atoms. The van der Waals surface area contributed by atoms with E-state index in [1.165, 1.54) is 6.07 Å². The summed E-state index contributed by atoms with van der Waals surface area (Å²) in [5.41, 5.74) is -0.188. The molecule has 5 nitrogen and oxygen atoms in total. The van der Waals surface area contributed by atoms with Gasteiger partial charge in [0.05, 0.1) is 24.8 Å². The molecule has 0 saturated heterocycles. The van der Waals surface area contributed by atoms with Crippen LogP contribution in [0.3, 0.4) is 0 Å². The minimum absolute atomic E-state index is 0.205. The van der Waals surface area contributed by atoms with Crippen molar-refractivity contribution in [1.82, 2.24) is 10.2 Å². The number of ether oxygens (including phenoxy) is 1. The van der Waals surface area contributed by atoms with Crippen LogP contribution in [0.5, 0.6) is 0 Å². The van der Waals surface area contributed by atoms with Crippen molar-refractivity contribution >= 4 is 12.1 Å². The van der Waals surface area contributed by atoms with Gasteiger partial charge in [-0.15, -0.1) is 0 Å². The summed E-state index contributed by atoms with van der Waals surface area (Å²) in [5.74, 6) is 0.523. The van der Waals surface area contributed by atoms with Crippen LogP contribution in [-0.4, -0.2) is 36.6 Å². The number of likely N-dealkylation sites (N-methyl/N-ethyl adjacent to an activating group) is 1. The topological polar surface area (TPSA) is 53.9 Å². The molecule has 1 unspecified atom stereocenters. The zero-order valence-corrected chi connectivity index (χ0v) is 14.4. The summed E-state index contributed by atoms with van der Waals surface area (Å²) in [6, 6.07) is 4.83. The van der Waals surface area contributed by atoms with Crippen LogP contribution in [0.4, 0.5) is 18.0 Å². The van der Waals surface area contributed by atoms with Crippen molar-refractivity contribution in [3.63, 3.8) is 0 Å². The molecule has 0 aromatic heterocycles. The van der Waals surface area contributed by atoms with E-state index in [1.807, 2.05) is 20.8 Å². The van der Waals surface area contributed by atoms with Crippen LogP contribution >= 0.6 is 0 Å². The fourth-order valence-corrected chi connectivity index (χ4v) is 2.57. The van der Waals surface area contributed by atoms with E-state index in [0.717, 1.165) is 12.1 Å². The summed E-state index contributed by atoms with van der Waals surface area (Å²) in [6.45, 7) is 6.73. The van der Waals surface area contributed by atoms with E-state index in [4.69, 9.17) is 4.74 Å². The van der Waals surface area contributed by atoms with Crippen LogP contribution in [0.15, 0.2) is 29.3 Å². The van der Waals surface area contributed by atoms with Gasteiger partial charge in [-0.3, -0.25) is 10.3 Å². The van der Waals surface area contributed by atoms with E-state index in [-0.39, 0.29) is 25.1 Å². The van der Waals surface area contributed by atoms with Crippen LogP contribution in [0.2, 0.25) is 0 Å². The molecule has 8 heteroatoms. The molecule has 1 aliphatic heterocycles. The molecular weight excluding hydrogens is 335 g/mol. The number of hydrogen-bond acceptors (Lipinski definition) is 4. The third-order valence-electron chi connectivity index (χ3n) is 3.76. The lowest BCUT2D eigenvalue weighted by molar-refractivity contribution is -0.137. The van der Waals surface area contributed by atoms with Crippen LogP contribution in [0, 0.1) is 5.92 Å². The Hall–Kier alpha value is -2.25. The normalized spacial score (nSPS) is 17.6. The summed E-state index contributed by atoms with van der Waals surface area (Å²) in [5, 5.41) is 2.57. The highest BCUT2D eigenvalue weighted by molar-refractivity contribution is 5.95.